The first-order valence-electron chi connectivity index (χ1n) is 8.54. The number of amides is 1. The van der Waals surface area contributed by atoms with Gasteiger partial charge in [0.2, 0.25) is 0 Å². The molecule has 0 aliphatic carbocycles. The number of carbonyl (C=O) groups is 2. The predicted octanol–water partition coefficient (Wildman–Crippen LogP) is 3.40. The molecule has 8 heteroatoms. The van der Waals surface area contributed by atoms with Crippen molar-refractivity contribution in [3.63, 3.8) is 0 Å². The van der Waals surface area contributed by atoms with Crippen molar-refractivity contribution in [1.29, 1.82) is 5.26 Å². The van der Waals surface area contributed by atoms with Crippen LogP contribution in [-0.4, -0.2) is 29.4 Å². The molecule has 0 N–H and O–H groups in total. The average Bonchev–Trinajstić information content (AvgIpc) is 2.68. The Bertz CT molecular complexity index is 921. The fourth-order valence-electron chi connectivity index (χ4n) is 2.57. The molecule has 1 atom stereocenters. The Morgan fingerprint density at radius 2 is 1.93 bits per heavy atom. The van der Waals surface area contributed by atoms with E-state index in [1.165, 1.54) is 24.0 Å². The summed E-state index contributed by atoms with van der Waals surface area (Å²) in [4.78, 5) is 37.0. The molecule has 144 valence electrons. The van der Waals surface area contributed by atoms with Crippen molar-refractivity contribution in [2.45, 2.75) is 26.4 Å². The summed E-state index contributed by atoms with van der Waals surface area (Å²) >= 11 is 0. The van der Waals surface area contributed by atoms with Gasteiger partial charge in [-0.05, 0) is 32.0 Å². The maximum Gasteiger partial charge on any atom is 0.339 e. The molecule has 28 heavy (non-hydrogen) atoms. The molecular formula is C20H19N3O5. The van der Waals surface area contributed by atoms with Gasteiger partial charge in [0.25, 0.3) is 11.6 Å². The number of carbonyl (C=O) groups excluding carboxylic acids is 2. The minimum Gasteiger partial charge on any atom is -0.449 e. The van der Waals surface area contributed by atoms with Crippen LogP contribution < -0.4 is 4.90 Å². The van der Waals surface area contributed by atoms with Crippen LogP contribution in [0.15, 0.2) is 48.5 Å². The topological polar surface area (TPSA) is 114 Å². The van der Waals surface area contributed by atoms with E-state index < -0.39 is 22.9 Å². The van der Waals surface area contributed by atoms with Crippen LogP contribution in [-0.2, 0) is 9.53 Å². The van der Waals surface area contributed by atoms with Gasteiger partial charge in [-0.15, -0.1) is 0 Å². The Morgan fingerprint density at radius 3 is 2.54 bits per heavy atom. The summed E-state index contributed by atoms with van der Waals surface area (Å²) in [6.07, 6.45) is -1.02. The summed E-state index contributed by atoms with van der Waals surface area (Å²) < 4.78 is 5.22. The van der Waals surface area contributed by atoms with E-state index in [0.717, 1.165) is 6.07 Å². The highest BCUT2D eigenvalue weighted by Crippen LogP contribution is 2.21. The predicted molar refractivity (Wildman–Crippen MR) is 102 cm³/mol. The second kappa shape index (κ2) is 9.28. The second-order valence-corrected chi connectivity index (χ2v) is 6.04. The lowest BCUT2D eigenvalue weighted by Gasteiger charge is -2.25. The molecule has 2 aromatic rings. The summed E-state index contributed by atoms with van der Waals surface area (Å²) in [5, 5.41) is 19.9. The molecule has 0 saturated heterocycles. The molecule has 1 amide bonds. The third kappa shape index (κ3) is 4.92. The van der Waals surface area contributed by atoms with Gasteiger partial charge in [-0.25, -0.2) is 4.79 Å². The van der Waals surface area contributed by atoms with Crippen molar-refractivity contribution in [2.24, 2.45) is 0 Å². The van der Waals surface area contributed by atoms with E-state index >= 15 is 0 Å². The SMILES string of the molecule is Cc1ccc(C(=O)OC(C)C(=O)N(CCC#N)c2ccccc2)cc1[N+](=O)[O-]. The zero-order valence-corrected chi connectivity index (χ0v) is 15.5. The molecule has 0 aromatic heterocycles. The Morgan fingerprint density at radius 1 is 1.25 bits per heavy atom. The van der Waals surface area contributed by atoms with Crippen LogP contribution in [0.25, 0.3) is 0 Å². The van der Waals surface area contributed by atoms with Crippen molar-refractivity contribution in [3.8, 4) is 6.07 Å². The van der Waals surface area contributed by atoms with Gasteiger partial charge in [-0.3, -0.25) is 14.9 Å². The molecule has 2 rings (SSSR count). The van der Waals surface area contributed by atoms with Crippen LogP contribution in [0.5, 0.6) is 0 Å². The van der Waals surface area contributed by atoms with Crippen molar-refractivity contribution in [3.05, 3.63) is 69.8 Å². The zero-order valence-electron chi connectivity index (χ0n) is 15.5. The number of nitriles is 1. The maximum atomic E-state index is 12.8. The number of hydrogen-bond donors (Lipinski definition) is 0. The lowest BCUT2D eigenvalue weighted by molar-refractivity contribution is -0.385. The summed E-state index contributed by atoms with van der Waals surface area (Å²) in [5.74, 6) is -1.33. The lowest BCUT2D eigenvalue weighted by Crippen LogP contribution is -2.40. The molecule has 0 bridgehead atoms. The molecule has 1 unspecified atom stereocenters. The zero-order chi connectivity index (χ0) is 20.7. The van der Waals surface area contributed by atoms with Gasteiger partial charge in [0.15, 0.2) is 6.10 Å². The van der Waals surface area contributed by atoms with Crippen LogP contribution in [0, 0.1) is 28.4 Å². The molecule has 0 saturated carbocycles. The molecule has 8 nitrogen and oxygen atoms in total. The van der Waals surface area contributed by atoms with E-state index in [4.69, 9.17) is 10.00 Å². The highest BCUT2D eigenvalue weighted by molar-refractivity contribution is 5.99. The summed E-state index contributed by atoms with van der Waals surface area (Å²) in [6.45, 7) is 3.13. The molecular weight excluding hydrogens is 362 g/mol. The highest BCUT2D eigenvalue weighted by Gasteiger charge is 2.26. The fourth-order valence-corrected chi connectivity index (χ4v) is 2.57. The molecule has 0 aliphatic rings. The standard InChI is InChI=1S/C20H19N3O5/c1-14-9-10-16(13-18(14)23(26)27)20(25)28-15(2)19(24)22(12-6-11-21)17-7-4-3-5-8-17/h3-5,7-10,13,15H,6,12H2,1-2H3. The lowest BCUT2D eigenvalue weighted by atomic mass is 10.1. The number of nitro benzene ring substituents is 1. The van der Waals surface area contributed by atoms with Gasteiger partial charge >= 0.3 is 5.97 Å². The van der Waals surface area contributed by atoms with E-state index in [1.807, 2.05) is 6.07 Å². The quantitative estimate of drug-likeness (QED) is 0.413. The third-order valence-corrected chi connectivity index (χ3v) is 4.05. The Kier molecular flexibility index (Phi) is 6.82. The molecule has 0 heterocycles. The van der Waals surface area contributed by atoms with Gasteiger partial charge in [0.05, 0.1) is 23.0 Å². The van der Waals surface area contributed by atoms with E-state index in [9.17, 15) is 19.7 Å². The number of benzene rings is 2. The number of para-hydroxylation sites is 1. The summed E-state index contributed by atoms with van der Waals surface area (Å²) in [7, 11) is 0. The number of nitro groups is 1. The van der Waals surface area contributed by atoms with Crippen LogP contribution in [0.4, 0.5) is 11.4 Å². The van der Waals surface area contributed by atoms with Crippen LogP contribution in [0.2, 0.25) is 0 Å². The second-order valence-electron chi connectivity index (χ2n) is 6.04. The highest BCUT2D eigenvalue weighted by atomic mass is 16.6. The minimum atomic E-state index is -1.13. The normalized spacial score (nSPS) is 11.2. The monoisotopic (exact) mass is 381 g/mol. The van der Waals surface area contributed by atoms with E-state index in [0.29, 0.717) is 11.3 Å². The van der Waals surface area contributed by atoms with Gasteiger partial charge in [0.1, 0.15) is 0 Å². The van der Waals surface area contributed by atoms with Crippen molar-refractivity contribution < 1.29 is 19.2 Å². The molecule has 0 aliphatic heterocycles. The summed E-state index contributed by atoms with van der Waals surface area (Å²) in [5.41, 5.74) is 0.780. The van der Waals surface area contributed by atoms with E-state index in [-0.39, 0.29) is 24.2 Å². The Hall–Kier alpha value is -3.73. The molecule has 0 fully saturated rings. The largest absolute Gasteiger partial charge is 0.449 e. The van der Waals surface area contributed by atoms with Gasteiger partial charge < -0.3 is 9.64 Å². The number of esters is 1. The van der Waals surface area contributed by atoms with E-state index in [2.05, 4.69) is 0 Å². The first-order chi connectivity index (χ1) is 13.3. The Balaban J connectivity index is 2.17. The van der Waals surface area contributed by atoms with Gasteiger partial charge in [-0.1, -0.05) is 24.3 Å². The fraction of sp³-hybridized carbons (Fsp3) is 0.250. The first kappa shape index (κ1) is 20.6. The number of rotatable bonds is 7. The number of ether oxygens (including phenoxy) is 1. The smallest absolute Gasteiger partial charge is 0.339 e. The number of hydrogen-bond acceptors (Lipinski definition) is 6. The molecule has 0 radical (unpaired) electrons. The summed E-state index contributed by atoms with van der Waals surface area (Å²) in [6, 6.07) is 14.7. The number of anilines is 1. The van der Waals surface area contributed by atoms with Crippen LogP contribution >= 0.6 is 0 Å². The number of nitrogens with zero attached hydrogens (tertiary/aromatic N) is 3. The first-order valence-corrected chi connectivity index (χ1v) is 8.54. The van der Waals surface area contributed by atoms with E-state index in [1.54, 1.807) is 37.3 Å². The van der Waals surface area contributed by atoms with Crippen LogP contribution in [0.3, 0.4) is 0 Å². The third-order valence-electron chi connectivity index (χ3n) is 4.05. The van der Waals surface area contributed by atoms with Gasteiger partial charge in [0, 0.05) is 23.9 Å². The van der Waals surface area contributed by atoms with Gasteiger partial charge in [-0.2, -0.15) is 5.26 Å². The van der Waals surface area contributed by atoms with Crippen LogP contribution in [0.1, 0.15) is 29.3 Å². The average molecular weight is 381 g/mol. The van der Waals surface area contributed by atoms with Crippen molar-refractivity contribution in [1.82, 2.24) is 0 Å². The molecule has 0 spiro atoms. The Labute approximate surface area is 162 Å². The minimum absolute atomic E-state index is 0.0137. The number of aryl methyl sites for hydroxylation is 1. The van der Waals surface area contributed by atoms with Crippen molar-refractivity contribution in [2.75, 3.05) is 11.4 Å². The molecule has 2 aromatic carbocycles. The van der Waals surface area contributed by atoms with Crippen molar-refractivity contribution >= 4 is 23.3 Å². The maximum absolute atomic E-state index is 12.8.